The molecule has 0 saturated heterocycles. The Kier molecular flexibility index (Phi) is 4.26. The molecule has 110 valence electrons. The number of pyridine rings is 1. The van der Waals surface area contributed by atoms with Crippen LogP contribution in [-0.2, 0) is 12.8 Å². The van der Waals surface area contributed by atoms with E-state index < -0.39 is 0 Å². The highest BCUT2D eigenvalue weighted by Gasteiger charge is 2.22. The number of aryl methyl sites for hydroxylation is 1. The number of hydrogen-bond acceptors (Lipinski definition) is 4. The van der Waals surface area contributed by atoms with Crippen LogP contribution in [-0.4, -0.2) is 16.5 Å². The van der Waals surface area contributed by atoms with Gasteiger partial charge in [-0.25, -0.2) is 4.98 Å². The maximum absolute atomic E-state index is 12.2. The zero-order chi connectivity index (χ0) is 15.5. The van der Waals surface area contributed by atoms with Gasteiger partial charge in [0.15, 0.2) is 5.78 Å². The Morgan fingerprint density at radius 1 is 1.27 bits per heavy atom. The lowest BCUT2D eigenvalue weighted by Crippen LogP contribution is -2.05. The number of benzene rings is 1. The van der Waals surface area contributed by atoms with Gasteiger partial charge in [0.2, 0.25) is 0 Å². The van der Waals surface area contributed by atoms with E-state index in [0.717, 1.165) is 30.5 Å². The van der Waals surface area contributed by atoms with Gasteiger partial charge in [-0.2, -0.15) is 5.26 Å². The van der Waals surface area contributed by atoms with Gasteiger partial charge in [0.1, 0.15) is 11.1 Å². The minimum absolute atomic E-state index is 0.0643. The first kappa shape index (κ1) is 14.8. The highest BCUT2D eigenvalue weighted by Crippen LogP contribution is 2.33. The summed E-state index contributed by atoms with van der Waals surface area (Å²) < 4.78 is 0. The molecule has 0 fully saturated rings. The number of aromatic nitrogens is 1. The van der Waals surface area contributed by atoms with Crippen LogP contribution in [0.2, 0.25) is 0 Å². The van der Waals surface area contributed by atoms with Gasteiger partial charge in [-0.3, -0.25) is 4.79 Å². The molecule has 0 N–H and O–H groups in total. The zero-order valence-electron chi connectivity index (χ0n) is 12.4. The van der Waals surface area contributed by atoms with E-state index in [9.17, 15) is 10.1 Å². The second-order valence-electron chi connectivity index (χ2n) is 5.38. The monoisotopic (exact) mass is 308 g/mol. The van der Waals surface area contributed by atoms with E-state index in [1.807, 2.05) is 37.3 Å². The Morgan fingerprint density at radius 2 is 2.00 bits per heavy atom. The third kappa shape index (κ3) is 2.77. The molecule has 1 aromatic carbocycles. The van der Waals surface area contributed by atoms with Crippen LogP contribution in [0.3, 0.4) is 0 Å². The highest BCUT2D eigenvalue weighted by molar-refractivity contribution is 8.00. The topological polar surface area (TPSA) is 53.8 Å². The fourth-order valence-electron chi connectivity index (χ4n) is 2.88. The molecule has 0 bridgehead atoms. The van der Waals surface area contributed by atoms with Crippen LogP contribution < -0.4 is 0 Å². The normalized spacial score (nSPS) is 12.7. The standard InChI is InChI=1S/C18H16N2OS/c1-12-14-8-5-9-15(14)16(10-19)18(20-12)22-11-17(21)13-6-3-2-4-7-13/h2-4,6-7H,5,8-9,11H2,1H3. The summed E-state index contributed by atoms with van der Waals surface area (Å²) in [5, 5.41) is 10.2. The molecule has 2 aromatic rings. The summed E-state index contributed by atoms with van der Waals surface area (Å²) >= 11 is 1.37. The van der Waals surface area contributed by atoms with Crippen LogP contribution in [0.15, 0.2) is 35.4 Å². The number of rotatable bonds is 4. The van der Waals surface area contributed by atoms with Crippen molar-refractivity contribution in [1.29, 1.82) is 5.26 Å². The Bertz CT molecular complexity index is 763. The molecule has 0 amide bonds. The second kappa shape index (κ2) is 6.33. The fourth-order valence-corrected chi connectivity index (χ4v) is 3.83. The fraction of sp³-hybridized carbons (Fsp3) is 0.278. The average molecular weight is 308 g/mol. The van der Waals surface area contributed by atoms with Crippen molar-refractivity contribution in [3.8, 4) is 6.07 Å². The molecule has 22 heavy (non-hydrogen) atoms. The van der Waals surface area contributed by atoms with E-state index in [1.54, 1.807) is 0 Å². The van der Waals surface area contributed by atoms with Gasteiger partial charge in [0.25, 0.3) is 0 Å². The predicted molar refractivity (Wildman–Crippen MR) is 87.2 cm³/mol. The van der Waals surface area contributed by atoms with E-state index in [2.05, 4.69) is 11.1 Å². The highest BCUT2D eigenvalue weighted by atomic mass is 32.2. The molecular formula is C18H16N2OS. The maximum atomic E-state index is 12.2. The first-order chi connectivity index (χ1) is 10.7. The van der Waals surface area contributed by atoms with Crippen LogP contribution in [0.25, 0.3) is 0 Å². The first-order valence-corrected chi connectivity index (χ1v) is 8.32. The Morgan fingerprint density at radius 3 is 2.73 bits per heavy atom. The number of Topliss-reactive ketones (excluding diaryl/α,β-unsaturated/α-hetero) is 1. The van der Waals surface area contributed by atoms with Crippen LogP contribution in [0.4, 0.5) is 0 Å². The molecule has 0 aliphatic heterocycles. The van der Waals surface area contributed by atoms with Crippen molar-refractivity contribution in [3.63, 3.8) is 0 Å². The van der Waals surface area contributed by atoms with E-state index in [4.69, 9.17) is 0 Å². The number of nitriles is 1. The first-order valence-electron chi connectivity index (χ1n) is 7.34. The van der Waals surface area contributed by atoms with Crippen LogP contribution in [0.5, 0.6) is 0 Å². The van der Waals surface area contributed by atoms with Gasteiger partial charge in [0.05, 0.1) is 11.3 Å². The minimum Gasteiger partial charge on any atom is -0.293 e. The molecule has 1 aliphatic rings. The van der Waals surface area contributed by atoms with Crippen molar-refractivity contribution in [3.05, 3.63) is 58.3 Å². The summed E-state index contributed by atoms with van der Waals surface area (Å²) in [6.07, 6.45) is 3.04. The van der Waals surface area contributed by atoms with Gasteiger partial charge in [0, 0.05) is 11.3 Å². The molecule has 0 atom stereocenters. The van der Waals surface area contributed by atoms with E-state index in [-0.39, 0.29) is 5.78 Å². The van der Waals surface area contributed by atoms with Crippen LogP contribution >= 0.6 is 11.8 Å². The number of nitrogens with zero attached hydrogens (tertiary/aromatic N) is 2. The quantitative estimate of drug-likeness (QED) is 0.638. The van der Waals surface area contributed by atoms with Crippen LogP contribution in [0.1, 0.15) is 39.2 Å². The van der Waals surface area contributed by atoms with Crippen molar-refractivity contribution < 1.29 is 4.79 Å². The second-order valence-corrected chi connectivity index (χ2v) is 6.34. The molecule has 3 nitrogen and oxygen atoms in total. The lowest BCUT2D eigenvalue weighted by atomic mass is 10.1. The molecule has 1 aromatic heterocycles. The molecule has 0 unspecified atom stereocenters. The van der Waals surface area contributed by atoms with Gasteiger partial charge >= 0.3 is 0 Å². The molecule has 0 saturated carbocycles. The number of hydrogen-bond donors (Lipinski definition) is 0. The van der Waals surface area contributed by atoms with E-state index in [1.165, 1.54) is 17.3 Å². The smallest absolute Gasteiger partial charge is 0.173 e. The maximum Gasteiger partial charge on any atom is 0.173 e. The lowest BCUT2D eigenvalue weighted by molar-refractivity contribution is 0.102. The summed E-state index contributed by atoms with van der Waals surface area (Å²) in [5.41, 5.74) is 4.75. The molecule has 1 aliphatic carbocycles. The minimum atomic E-state index is 0.0643. The largest absolute Gasteiger partial charge is 0.293 e. The predicted octanol–water partition coefficient (Wildman–Crippen LogP) is 3.73. The zero-order valence-corrected chi connectivity index (χ0v) is 13.2. The number of carbonyl (C=O) groups is 1. The summed E-state index contributed by atoms with van der Waals surface area (Å²) in [7, 11) is 0. The average Bonchev–Trinajstić information content (AvgIpc) is 3.03. The van der Waals surface area contributed by atoms with Gasteiger partial charge in [-0.05, 0) is 37.3 Å². The van der Waals surface area contributed by atoms with E-state index >= 15 is 0 Å². The van der Waals surface area contributed by atoms with Crippen molar-refractivity contribution in [2.24, 2.45) is 0 Å². The number of thioether (sulfide) groups is 1. The third-order valence-corrected chi connectivity index (χ3v) is 4.96. The summed E-state index contributed by atoms with van der Waals surface area (Å²) in [6, 6.07) is 11.5. The van der Waals surface area contributed by atoms with Gasteiger partial charge < -0.3 is 0 Å². The van der Waals surface area contributed by atoms with Crippen LogP contribution in [0, 0.1) is 18.3 Å². The Balaban J connectivity index is 1.83. The summed E-state index contributed by atoms with van der Waals surface area (Å²) in [5.74, 6) is 0.374. The molecule has 0 radical (unpaired) electrons. The summed E-state index contributed by atoms with van der Waals surface area (Å²) in [6.45, 7) is 1.99. The van der Waals surface area contributed by atoms with Gasteiger partial charge in [-0.1, -0.05) is 42.1 Å². The molecule has 1 heterocycles. The Labute approximate surface area is 134 Å². The number of fused-ring (bicyclic) bond motifs is 1. The lowest BCUT2D eigenvalue weighted by Gasteiger charge is -2.10. The number of ketones is 1. The molecular weight excluding hydrogens is 292 g/mol. The molecule has 3 rings (SSSR count). The molecule has 4 heteroatoms. The number of carbonyl (C=O) groups excluding carboxylic acids is 1. The van der Waals surface area contributed by atoms with Gasteiger partial charge in [-0.15, -0.1) is 0 Å². The molecule has 0 spiro atoms. The third-order valence-electron chi connectivity index (χ3n) is 3.99. The van der Waals surface area contributed by atoms with Crippen molar-refractivity contribution in [2.75, 3.05) is 5.75 Å². The van der Waals surface area contributed by atoms with Crippen molar-refractivity contribution >= 4 is 17.5 Å². The SMILES string of the molecule is Cc1nc(SCC(=O)c2ccccc2)c(C#N)c2c1CCC2. The van der Waals surface area contributed by atoms with Crippen molar-refractivity contribution in [1.82, 2.24) is 4.98 Å². The van der Waals surface area contributed by atoms with Crippen molar-refractivity contribution in [2.45, 2.75) is 31.2 Å². The van der Waals surface area contributed by atoms with E-state index in [0.29, 0.717) is 21.9 Å². The Hall–Kier alpha value is -2.12. The summed E-state index contributed by atoms with van der Waals surface area (Å²) in [4.78, 5) is 16.8.